The van der Waals surface area contributed by atoms with Crippen molar-refractivity contribution in [3.63, 3.8) is 0 Å². The van der Waals surface area contributed by atoms with Crippen molar-refractivity contribution < 1.29 is 4.42 Å². The highest BCUT2D eigenvalue weighted by Crippen LogP contribution is 2.38. The molecular weight excluding hydrogens is 490 g/mol. The van der Waals surface area contributed by atoms with Crippen molar-refractivity contribution in [1.82, 2.24) is 4.57 Å². The van der Waals surface area contributed by atoms with Crippen LogP contribution < -0.4 is 0 Å². The molecule has 0 aliphatic carbocycles. The predicted octanol–water partition coefficient (Wildman–Crippen LogP) is 9.64. The van der Waals surface area contributed by atoms with E-state index in [0.717, 1.165) is 66.1 Å². The lowest BCUT2D eigenvalue weighted by Crippen LogP contribution is -1.98. The predicted molar refractivity (Wildman–Crippen MR) is 169 cm³/mol. The Balaban J connectivity index is 1.53. The molecule has 0 fully saturated rings. The Hall–Kier alpha value is -5.22. The average Bonchev–Trinajstić information content (AvgIpc) is 3.52. The molecule has 0 aliphatic rings. The maximum atomic E-state index is 6.13. The summed E-state index contributed by atoms with van der Waals surface area (Å²) in [6, 6.07) is 36.3. The molecule has 0 atom stereocenters. The van der Waals surface area contributed by atoms with Gasteiger partial charge < -0.3 is 8.98 Å². The van der Waals surface area contributed by atoms with Gasteiger partial charge in [0.25, 0.3) is 0 Å². The average molecular weight is 518 g/mol. The number of fused-ring (bicyclic) bond motifs is 6. The quantitative estimate of drug-likeness (QED) is 0.169. The zero-order chi connectivity index (χ0) is 27.2. The van der Waals surface area contributed by atoms with Gasteiger partial charge in [0.05, 0.1) is 11.0 Å². The van der Waals surface area contributed by atoms with Crippen LogP contribution in [0.2, 0.25) is 0 Å². The number of furan rings is 1. The first-order valence-electron chi connectivity index (χ1n) is 13.4. The van der Waals surface area contributed by atoms with Crippen molar-refractivity contribution in [2.45, 2.75) is 13.8 Å². The highest BCUT2D eigenvalue weighted by molar-refractivity contribution is 6.21. The monoisotopic (exact) mass is 517 g/mol. The number of aryl methyl sites for hydroxylation is 1. The summed E-state index contributed by atoms with van der Waals surface area (Å²) in [7, 11) is 0. The fraction of sp³-hybridized carbons (Fsp3) is 0.0556. The standard InChI is InChI=1S/C36H27N3O/c1-4-37-36(38-5-2)27-12-9-13-32-35(27)30-22-24(15-17-31(30)39(32)26-10-7-6-8-11-26)25-16-19-34-29(21-25)28-20-23(3)14-18-33(28)40-34/h4-22H,1H2,2-3H3/b37-36-,38-5-. The second-order valence-electron chi connectivity index (χ2n) is 9.94. The van der Waals surface area contributed by atoms with Crippen molar-refractivity contribution in [2.24, 2.45) is 9.98 Å². The second-order valence-corrected chi connectivity index (χ2v) is 9.94. The number of benzene rings is 5. The minimum absolute atomic E-state index is 0.641. The van der Waals surface area contributed by atoms with E-state index in [1.807, 2.05) is 13.0 Å². The lowest BCUT2D eigenvalue weighted by Gasteiger charge is -2.08. The Labute approximate surface area is 232 Å². The van der Waals surface area contributed by atoms with E-state index in [4.69, 9.17) is 4.42 Å². The molecule has 4 nitrogen and oxygen atoms in total. The number of nitrogens with zero attached hydrogens (tertiary/aromatic N) is 3. The molecule has 0 saturated heterocycles. The van der Waals surface area contributed by atoms with Crippen LogP contribution in [0.3, 0.4) is 0 Å². The fourth-order valence-corrected chi connectivity index (χ4v) is 5.74. The minimum atomic E-state index is 0.641. The lowest BCUT2D eigenvalue weighted by atomic mass is 9.99. The molecule has 2 aromatic heterocycles. The number of aromatic nitrogens is 1. The Bertz CT molecular complexity index is 2140. The van der Waals surface area contributed by atoms with Gasteiger partial charge in [0, 0.05) is 45.2 Å². The fourth-order valence-electron chi connectivity index (χ4n) is 5.74. The molecule has 0 N–H and O–H groups in total. The van der Waals surface area contributed by atoms with Gasteiger partial charge in [-0.3, -0.25) is 0 Å². The Kier molecular flexibility index (Phi) is 5.67. The van der Waals surface area contributed by atoms with Crippen molar-refractivity contribution >= 4 is 55.8 Å². The molecule has 0 saturated carbocycles. The van der Waals surface area contributed by atoms with E-state index in [9.17, 15) is 0 Å². The van der Waals surface area contributed by atoms with Gasteiger partial charge in [-0.15, -0.1) is 0 Å². The highest BCUT2D eigenvalue weighted by Gasteiger charge is 2.18. The normalized spacial score (nSPS) is 12.4. The van der Waals surface area contributed by atoms with E-state index < -0.39 is 0 Å². The van der Waals surface area contributed by atoms with E-state index >= 15 is 0 Å². The van der Waals surface area contributed by atoms with Gasteiger partial charge in [-0.2, -0.15) is 0 Å². The third-order valence-corrected chi connectivity index (χ3v) is 7.47. The zero-order valence-corrected chi connectivity index (χ0v) is 22.4. The van der Waals surface area contributed by atoms with Gasteiger partial charge in [-0.25, -0.2) is 9.98 Å². The van der Waals surface area contributed by atoms with Gasteiger partial charge in [-0.1, -0.05) is 60.7 Å². The van der Waals surface area contributed by atoms with Crippen LogP contribution in [0.15, 0.2) is 130 Å². The molecule has 2 heterocycles. The van der Waals surface area contributed by atoms with Crippen LogP contribution in [0.25, 0.3) is 60.6 Å². The van der Waals surface area contributed by atoms with Crippen molar-refractivity contribution in [3.05, 3.63) is 127 Å². The molecule has 7 rings (SSSR count). The molecule has 5 aromatic carbocycles. The number of rotatable bonds is 4. The van der Waals surface area contributed by atoms with Crippen molar-refractivity contribution in [2.75, 3.05) is 0 Å². The number of amidine groups is 1. The van der Waals surface area contributed by atoms with Gasteiger partial charge in [0.15, 0.2) is 5.84 Å². The Morgan fingerprint density at radius 2 is 1.48 bits per heavy atom. The number of para-hydroxylation sites is 1. The zero-order valence-electron chi connectivity index (χ0n) is 22.4. The summed E-state index contributed by atoms with van der Waals surface area (Å²) in [5.41, 5.74) is 9.62. The van der Waals surface area contributed by atoms with Gasteiger partial charge in [0.1, 0.15) is 11.2 Å². The molecule has 0 spiro atoms. The van der Waals surface area contributed by atoms with E-state index in [2.05, 4.69) is 125 Å². The topological polar surface area (TPSA) is 42.8 Å². The smallest absolute Gasteiger partial charge is 0.159 e. The van der Waals surface area contributed by atoms with E-state index in [1.54, 1.807) is 12.4 Å². The van der Waals surface area contributed by atoms with E-state index in [1.165, 1.54) is 5.56 Å². The summed E-state index contributed by atoms with van der Waals surface area (Å²) in [4.78, 5) is 9.13. The summed E-state index contributed by atoms with van der Waals surface area (Å²) >= 11 is 0. The first-order valence-corrected chi connectivity index (χ1v) is 13.4. The molecule has 0 aliphatic heterocycles. The molecule has 192 valence electrons. The summed E-state index contributed by atoms with van der Waals surface area (Å²) in [6.07, 6.45) is 3.32. The van der Waals surface area contributed by atoms with Gasteiger partial charge in [-0.05, 0) is 79.6 Å². The van der Waals surface area contributed by atoms with Crippen LogP contribution >= 0.6 is 0 Å². The molecule has 0 radical (unpaired) electrons. The first-order chi connectivity index (χ1) is 19.7. The number of aliphatic imine (C=N–C) groups is 2. The van der Waals surface area contributed by atoms with Crippen molar-refractivity contribution in [3.8, 4) is 16.8 Å². The van der Waals surface area contributed by atoms with Crippen LogP contribution in [0.1, 0.15) is 18.1 Å². The van der Waals surface area contributed by atoms with E-state index in [-0.39, 0.29) is 0 Å². The van der Waals surface area contributed by atoms with Crippen LogP contribution in [0, 0.1) is 6.92 Å². The molecule has 4 heteroatoms. The molecule has 40 heavy (non-hydrogen) atoms. The Morgan fingerprint density at radius 1 is 0.750 bits per heavy atom. The largest absolute Gasteiger partial charge is 0.456 e. The second kappa shape index (κ2) is 9.51. The minimum Gasteiger partial charge on any atom is -0.456 e. The number of hydrogen-bond donors (Lipinski definition) is 0. The van der Waals surface area contributed by atoms with Crippen LogP contribution in [0.5, 0.6) is 0 Å². The molecule has 7 aromatic rings. The summed E-state index contributed by atoms with van der Waals surface area (Å²) < 4.78 is 8.44. The van der Waals surface area contributed by atoms with Crippen LogP contribution in [0.4, 0.5) is 0 Å². The summed E-state index contributed by atoms with van der Waals surface area (Å²) in [5.74, 6) is 0.641. The lowest BCUT2D eigenvalue weighted by molar-refractivity contribution is 0.669. The van der Waals surface area contributed by atoms with Crippen molar-refractivity contribution in [1.29, 1.82) is 0 Å². The molecular formula is C36H27N3O. The van der Waals surface area contributed by atoms with Gasteiger partial charge in [0.2, 0.25) is 0 Å². The third-order valence-electron chi connectivity index (χ3n) is 7.47. The maximum Gasteiger partial charge on any atom is 0.159 e. The van der Waals surface area contributed by atoms with Crippen LogP contribution in [-0.4, -0.2) is 16.6 Å². The van der Waals surface area contributed by atoms with Crippen LogP contribution in [-0.2, 0) is 0 Å². The highest BCUT2D eigenvalue weighted by atomic mass is 16.3. The molecule has 0 unspecified atom stereocenters. The summed E-state index contributed by atoms with van der Waals surface area (Å²) in [6.45, 7) is 7.85. The number of hydrogen-bond acceptors (Lipinski definition) is 2. The molecule has 0 bridgehead atoms. The van der Waals surface area contributed by atoms with Gasteiger partial charge >= 0.3 is 0 Å². The van der Waals surface area contributed by atoms with E-state index in [0.29, 0.717) is 5.84 Å². The molecule has 0 amide bonds. The maximum absolute atomic E-state index is 6.13. The first kappa shape index (κ1) is 23.9. The Morgan fingerprint density at radius 3 is 2.25 bits per heavy atom. The third kappa shape index (κ3) is 3.76. The SMILES string of the molecule is C=C/N=C(\N=C/C)c1cccc2c1c1cc(-c3ccc4oc5ccc(C)cc5c4c3)ccc1n2-c1ccccc1. The summed E-state index contributed by atoms with van der Waals surface area (Å²) in [5, 5.41) is 4.52.